The molecule has 0 unspecified atom stereocenters. The van der Waals surface area contributed by atoms with E-state index >= 15 is 0 Å². The van der Waals surface area contributed by atoms with Crippen LogP contribution in [-0.2, 0) is 4.74 Å². The summed E-state index contributed by atoms with van der Waals surface area (Å²) in [6, 6.07) is 14.1. The fourth-order valence-electron chi connectivity index (χ4n) is 3.92. The van der Waals surface area contributed by atoms with Gasteiger partial charge in [0.15, 0.2) is 0 Å². The average molecular weight is 369 g/mol. The highest BCUT2D eigenvalue weighted by molar-refractivity contribution is 5.67. The van der Waals surface area contributed by atoms with Crippen molar-refractivity contribution in [1.29, 1.82) is 0 Å². The molecular weight excluding hydrogens is 342 g/mol. The number of fused-ring (bicyclic) bond motifs is 1. The van der Waals surface area contributed by atoms with Crippen molar-refractivity contribution in [3.8, 4) is 22.6 Å². The van der Waals surface area contributed by atoms with Gasteiger partial charge in [-0.3, -0.25) is 4.90 Å². The first kappa shape index (κ1) is 18.3. The molecular formula is C22H27NO4. The lowest BCUT2D eigenvalue weighted by atomic mass is 9.95. The molecule has 1 N–H and O–H groups in total. The second-order valence-electron chi connectivity index (χ2n) is 7.18. The number of likely N-dealkylation sites (tertiary alicyclic amines) is 1. The first-order chi connectivity index (χ1) is 13.3. The third-order valence-corrected chi connectivity index (χ3v) is 5.46. The van der Waals surface area contributed by atoms with E-state index in [2.05, 4.69) is 11.0 Å². The molecule has 0 amide bonds. The molecule has 2 aliphatic heterocycles. The summed E-state index contributed by atoms with van der Waals surface area (Å²) in [5.41, 5.74) is 3.06. The van der Waals surface area contributed by atoms with Crippen molar-refractivity contribution < 1.29 is 19.3 Å². The highest BCUT2D eigenvalue weighted by Crippen LogP contribution is 2.38. The van der Waals surface area contributed by atoms with E-state index < -0.39 is 6.10 Å². The van der Waals surface area contributed by atoms with Gasteiger partial charge in [-0.15, -0.1) is 0 Å². The van der Waals surface area contributed by atoms with Gasteiger partial charge < -0.3 is 19.3 Å². The predicted molar refractivity (Wildman–Crippen MR) is 104 cm³/mol. The zero-order chi connectivity index (χ0) is 18.6. The second kappa shape index (κ2) is 8.30. The summed E-state index contributed by atoms with van der Waals surface area (Å²) < 4.78 is 16.6. The lowest BCUT2D eigenvalue weighted by Gasteiger charge is -2.36. The zero-order valence-electron chi connectivity index (χ0n) is 15.8. The molecule has 0 bridgehead atoms. The molecule has 2 aromatic rings. The Bertz CT molecular complexity index is 755. The number of rotatable bonds is 6. The Hall–Kier alpha value is -2.08. The van der Waals surface area contributed by atoms with Crippen LogP contribution in [0.2, 0.25) is 0 Å². The molecule has 0 spiro atoms. The lowest BCUT2D eigenvalue weighted by Crippen LogP contribution is -2.44. The molecule has 1 fully saturated rings. The van der Waals surface area contributed by atoms with Gasteiger partial charge >= 0.3 is 0 Å². The molecule has 0 aromatic heterocycles. The number of hydrogen-bond acceptors (Lipinski definition) is 5. The Morgan fingerprint density at radius 1 is 1.04 bits per heavy atom. The fraction of sp³-hybridized carbons (Fsp3) is 0.455. The molecule has 1 saturated heterocycles. The Kier molecular flexibility index (Phi) is 5.62. The molecule has 2 atom stereocenters. The Morgan fingerprint density at radius 2 is 1.78 bits per heavy atom. The van der Waals surface area contributed by atoms with Gasteiger partial charge in [0.05, 0.1) is 12.6 Å². The van der Waals surface area contributed by atoms with Gasteiger partial charge in [-0.2, -0.15) is 0 Å². The minimum Gasteiger partial charge on any atom is -0.491 e. The van der Waals surface area contributed by atoms with Crippen molar-refractivity contribution >= 4 is 0 Å². The largest absolute Gasteiger partial charge is 0.491 e. The Morgan fingerprint density at radius 3 is 2.52 bits per heavy atom. The molecule has 0 aliphatic carbocycles. The van der Waals surface area contributed by atoms with Gasteiger partial charge in [0.25, 0.3) is 0 Å². The normalized spacial score (nSPS) is 22.3. The van der Waals surface area contributed by atoms with Crippen LogP contribution < -0.4 is 9.47 Å². The minimum absolute atomic E-state index is 0.0642. The van der Waals surface area contributed by atoms with E-state index in [9.17, 15) is 5.11 Å². The van der Waals surface area contributed by atoms with E-state index in [0.29, 0.717) is 19.8 Å². The van der Waals surface area contributed by atoms with Gasteiger partial charge in [0, 0.05) is 12.7 Å². The first-order valence-electron chi connectivity index (χ1n) is 9.67. The standard InChI is InChI=1S/C22H27NO4/c1-25-12-13-26-18-7-4-16(5-8-18)17-6-9-19-21(14-17)27-15-20(22(19)24)23-10-2-3-11-23/h4-9,14,20,22,24H,2-3,10-13,15H2,1H3/t20-,22-/m1/s1. The van der Waals surface area contributed by atoms with Gasteiger partial charge in [0.2, 0.25) is 0 Å². The number of aliphatic hydroxyl groups excluding tert-OH is 1. The fourth-order valence-corrected chi connectivity index (χ4v) is 3.92. The predicted octanol–water partition coefficient (Wildman–Crippen LogP) is 3.27. The van der Waals surface area contributed by atoms with Crippen molar-refractivity contribution in [2.75, 3.05) is 40.0 Å². The van der Waals surface area contributed by atoms with Crippen LogP contribution in [0.4, 0.5) is 0 Å². The quantitative estimate of drug-likeness (QED) is 0.792. The van der Waals surface area contributed by atoms with E-state index in [1.807, 2.05) is 36.4 Å². The van der Waals surface area contributed by atoms with Crippen LogP contribution in [0.15, 0.2) is 42.5 Å². The van der Waals surface area contributed by atoms with E-state index in [1.54, 1.807) is 7.11 Å². The summed E-state index contributed by atoms with van der Waals surface area (Å²) in [4.78, 5) is 2.35. The van der Waals surface area contributed by atoms with E-state index in [0.717, 1.165) is 41.3 Å². The number of hydrogen-bond donors (Lipinski definition) is 1. The summed E-state index contributed by atoms with van der Waals surface area (Å²) in [7, 11) is 1.66. The summed E-state index contributed by atoms with van der Waals surface area (Å²) in [5.74, 6) is 1.62. The van der Waals surface area contributed by atoms with Crippen LogP contribution in [0.5, 0.6) is 11.5 Å². The molecule has 5 nitrogen and oxygen atoms in total. The van der Waals surface area contributed by atoms with Crippen molar-refractivity contribution in [3.05, 3.63) is 48.0 Å². The third-order valence-electron chi connectivity index (χ3n) is 5.46. The molecule has 27 heavy (non-hydrogen) atoms. The van der Waals surface area contributed by atoms with Gasteiger partial charge in [0.1, 0.15) is 30.8 Å². The molecule has 2 aromatic carbocycles. The topological polar surface area (TPSA) is 51.2 Å². The monoisotopic (exact) mass is 369 g/mol. The number of nitrogens with zero attached hydrogens (tertiary/aromatic N) is 1. The van der Waals surface area contributed by atoms with Gasteiger partial charge in [-0.05, 0) is 55.3 Å². The summed E-state index contributed by atoms with van der Waals surface area (Å²) >= 11 is 0. The van der Waals surface area contributed by atoms with Crippen LogP contribution in [0, 0.1) is 0 Å². The highest BCUT2D eigenvalue weighted by atomic mass is 16.5. The number of aliphatic hydroxyl groups is 1. The SMILES string of the molecule is COCCOc1ccc(-c2ccc3c(c2)OC[C@@H](N2CCCC2)[C@@H]3O)cc1. The van der Waals surface area contributed by atoms with Crippen molar-refractivity contribution in [2.45, 2.75) is 25.0 Å². The highest BCUT2D eigenvalue weighted by Gasteiger charge is 2.34. The minimum atomic E-state index is -0.488. The number of methoxy groups -OCH3 is 1. The lowest BCUT2D eigenvalue weighted by molar-refractivity contribution is 0.0140. The first-order valence-corrected chi connectivity index (χ1v) is 9.67. The molecule has 5 heteroatoms. The molecule has 2 heterocycles. The molecule has 144 valence electrons. The van der Waals surface area contributed by atoms with E-state index in [1.165, 1.54) is 12.8 Å². The maximum atomic E-state index is 10.8. The summed E-state index contributed by atoms with van der Waals surface area (Å²) in [5, 5.41) is 10.8. The van der Waals surface area contributed by atoms with Crippen LogP contribution in [0.3, 0.4) is 0 Å². The second-order valence-corrected chi connectivity index (χ2v) is 7.18. The number of ether oxygens (including phenoxy) is 3. The van der Waals surface area contributed by atoms with Crippen molar-refractivity contribution in [1.82, 2.24) is 4.90 Å². The van der Waals surface area contributed by atoms with Crippen molar-refractivity contribution in [2.24, 2.45) is 0 Å². The maximum Gasteiger partial charge on any atom is 0.125 e. The Labute approximate surface area is 160 Å². The van der Waals surface area contributed by atoms with E-state index in [-0.39, 0.29) is 6.04 Å². The van der Waals surface area contributed by atoms with Crippen molar-refractivity contribution in [3.63, 3.8) is 0 Å². The smallest absolute Gasteiger partial charge is 0.125 e. The zero-order valence-corrected chi connectivity index (χ0v) is 15.8. The number of benzene rings is 2. The van der Waals surface area contributed by atoms with Crippen LogP contribution in [0.25, 0.3) is 11.1 Å². The summed E-state index contributed by atoms with van der Waals surface area (Å²) in [6.07, 6.45) is 1.93. The molecule has 0 radical (unpaired) electrons. The average Bonchev–Trinajstić information content (AvgIpc) is 3.23. The van der Waals surface area contributed by atoms with Crippen LogP contribution in [-0.4, -0.2) is 56.1 Å². The van der Waals surface area contributed by atoms with Gasteiger partial charge in [-0.25, -0.2) is 0 Å². The Balaban J connectivity index is 1.48. The molecule has 4 rings (SSSR count). The third kappa shape index (κ3) is 3.95. The molecule has 2 aliphatic rings. The summed E-state index contributed by atoms with van der Waals surface area (Å²) in [6.45, 7) is 3.77. The van der Waals surface area contributed by atoms with Crippen LogP contribution >= 0.6 is 0 Å². The maximum absolute atomic E-state index is 10.8. The van der Waals surface area contributed by atoms with Crippen LogP contribution in [0.1, 0.15) is 24.5 Å². The molecule has 0 saturated carbocycles. The van der Waals surface area contributed by atoms with E-state index in [4.69, 9.17) is 14.2 Å². The van der Waals surface area contributed by atoms with Gasteiger partial charge in [-0.1, -0.05) is 24.3 Å².